The standard InChI is InChI=1S/C19H20N4O5S/c1-8(11-6-20-16-15(11)17(25)22-9(2)21-16)13-3-4-14(29-13)18(26)23-7-10(24)5-12(23)19(27)28/h3-4,6,8,10,12,24H,5,7H2,1-2H3,(H,27,28)(H2,20,21,22,25)/t8?,10-,12+/m1/s1. The van der Waals surface area contributed by atoms with Gasteiger partial charge >= 0.3 is 5.97 Å². The van der Waals surface area contributed by atoms with Gasteiger partial charge in [0, 0.05) is 30.0 Å². The number of aromatic amines is 2. The molecule has 1 saturated heterocycles. The van der Waals surface area contributed by atoms with Crippen molar-refractivity contribution in [3.8, 4) is 0 Å². The maximum absolute atomic E-state index is 12.8. The number of aliphatic carboxylic acids is 1. The van der Waals surface area contributed by atoms with E-state index in [1.54, 1.807) is 25.3 Å². The summed E-state index contributed by atoms with van der Waals surface area (Å²) >= 11 is 1.25. The first-order valence-electron chi connectivity index (χ1n) is 9.15. The summed E-state index contributed by atoms with van der Waals surface area (Å²) in [5.74, 6) is -1.18. The minimum absolute atomic E-state index is 0.00142. The molecule has 1 amide bonds. The van der Waals surface area contributed by atoms with Crippen LogP contribution in [-0.2, 0) is 4.79 Å². The van der Waals surface area contributed by atoms with E-state index in [-0.39, 0.29) is 24.4 Å². The summed E-state index contributed by atoms with van der Waals surface area (Å²) in [4.78, 5) is 49.1. The molecule has 4 N–H and O–H groups in total. The number of aliphatic hydroxyl groups excluding tert-OH is 1. The van der Waals surface area contributed by atoms with E-state index in [2.05, 4.69) is 15.0 Å². The largest absolute Gasteiger partial charge is 0.480 e. The van der Waals surface area contributed by atoms with Crippen molar-refractivity contribution >= 4 is 34.2 Å². The Morgan fingerprint density at radius 1 is 1.38 bits per heavy atom. The van der Waals surface area contributed by atoms with Crippen molar-refractivity contribution in [2.45, 2.75) is 38.3 Å². The van der Waals surface area contributed by atoms with Gasteiger partial charge in [0.15, 0.2) is 0 Å². The van der Waals surface area contributed by atoms with E-state index in [1.807, 2.05) is 6.92 Å². The molecule has 0 aromatic carbocycles. The molecule has 29 heavy (non-hydrogen) atoms. The van der Waals surface area contributed by atoms with Crippen molar-refractivity contribution in [1.82, 2.24) is 19.9 Å². The Balaban J connectivity index is 1.63. The fourth-order valence-electron chi connectivity index (χ4n) is 3.79. The lowest BCUT2D eigenvalue weighted by Gasteiger charge is -2.20. The summed E-state index contributed by atoms with van der Waals surface area (Å²) in [7, 11) is 0. The van der Waals surface area contributed by atoms with Crippen LogP contribution >= 0.6 is 11.3 Å². The third-order valence-corrected chi connectivity index (χ3v) is 6.50. The van der Waals surface area contributed by atoms with Gasteiger partial charge in [-0.3, -0.25) is 9.59 Å². The molecule has 4 rings (SSSR count). The summed E-state index contributed by atoms with van der Waals surface area (Å²) in [6.45, 7) is 3.64. The van der Waals surface area contributed by atoms with Gasteiger partial charge in [0.25, 0.3) is 11.5 Å². The number of aryl methyl sites for hydroxylation is 1. The van der Waals surface area contributed by atoms with E-state index in [9.17, 15) is 24.6 Å². The Labute approximate surface area is 169 Å². The summed E-state index contributed by atoms with van der Waals surface area (Å²) in [6, 6.07) is 2.44. The molecule has 0 spiro atoms. The molecule has 4 heterocycles. The van der Waals surface area contributed by atoms with Gasteiger partial charge < -0.3 is 25.1 Å². The van der Waals surface area contributed by atoms with Crippen molar-refractivity contribution < 1.29 is 19.8 Å². The topological polar surface area (TPSA) is 139 Å². The molecule has 3 aromatic rings. The van der Waals surface area contributed by atoms with E-state index < -0.39 is 24.0 Å². The number of β-amino-alcohol motifs (C(OH)–C–C–N with tert-alkyl or cyclic N) is 1. The van der Waals surface area contributed by atoms with E-state index in [0.717, 1.165) is 10.4 Å². The minimum Gasteiger partial charge on any atom is -0.480 e. The van der Waals surface area contributed by atoms with E-state index in [4.69, 9.17) is 0 Å². The van der Waals surface area contributed by atoms with Gasteiger partial charge in [-0.2, -0.15) is 0 Å². The van der Waals surface area contributed by atoms with Gasteiger partial charge in [0.05, 0.1) is 16.4 Å². The van der Waals surface area contributed by atoms with Crippen LogP contribution in [0.3, 0.4) is 0 Å². The van der Waals surface area contributed by atoms with E-state index in [1.165, 1.54) is 16.2 Å². The van der Waals surface area contributed by atoms with Gasteiger partial charge in [-0.25, -0.2) is 9.78 Å². The summed E-state index contributed by atoms with van der Waals surface area (Å²) in [5, 5.41) is 19.6. The number of H-pyrrole nitrogens is 2. The highest BCUT2D eigenvalue weighted by Crippen LogP contribution is 2.34. The first kappa shape index (κ1) is 19.3. The average Bonchev–Trinajstić information content (AvgIpc) is 3.37. The third kappa shape index (κ3) is 3.34. The summed E-state index contributed by atoms with van der Waals surface area (Å²) in [5.41, 5.74) is 1.06. The van der Waals surface area contributed by atoms with Gasteiger partial charge in [-0.05, 0) is 24.6 Å². The zero-order chi connectivity index (χ0) is 20.9. The number of fused-ring (bicyclic) bond motifs is 1. The lowest BCUT2D eigenvalue weighted by Crippen LogP contribution is -2.40. The van der Waals surface area contributed by atoms with Crippen LogP contribution in [0.4, 0.5) is 0 Å². The van der Waals surface area contributed by atoms with Crippen LogP contribution in [0.15, 0.2) is 23.1 Å². The molecule has 152 valence electrons. The smallest absolute Gasteiger partial charge is 0.326 e. The Bertz CT molecular complexity index is 1160. The molecule has 0 saturated carbocycles. The fraction of sp³-hybridized carbons (Fsp3) is 0.368. The van der Waals surface area contributed by atoms with Gasteiger partial charge in [0.1, 0.15) is 17.5 Å². The first-order valence-corrected chi connectivity index (χ1v) is 9.97. The number of aromatic nitrogens is 3. The van der Waals surface area contributed by atoms with Crippen LogP contribution in [0.2, 0.25) is 0 Å². The lowest BCUT2D eigenvalue weighted by molar-refractivity contribution is -0.141. The van der Waals surface area contributed by atoms with Gasteiger partial charge in [-0.15, -0.1) is 11.3 Å². The Hall–Kier alpha value is -2.98. The maximum Gasteiger partial charge on any atom is 0.326 e. The van der Waals surface area contributed by atoms with Gasteiger partial charge in [0.2, 0.25) is 0 Å². The van der Waals surface area contributed by atoms with E-state index >= 15 is 0 Å². The number of likely N-dealkylation sites (tertiary alicyclic amines) is 1. The second kappa shape index (κ2) is 7.12. The quantitative estimate of drug-likeness (QED) is 0.507. The number of carboxylic acid groups (broad SMARTS) is 1. The maximum atomic E-state index is 12.8. The zero-order valence-corrected chi connectivity index (χ0v) is 16.6. The lowest BCUT2D eigenvalue weighted by atomic mass is 10.0. The summed E-state index contributed by atoms with van der Waals surface area (Å²) < 4.78 is 0. The average molecular weight is 416 g/mol. The van der Waals surface area contributed by atoms with Gasteiger partial charge in [-0.1, -0.05) is 6.92 Å². The van der Waals surface area contributed by atoms with Crippen LogP contribution in [0.25, 0.3) is 11.0 Å². The van der Waals surface area contributed by atoms with Crippen LogP contribution in [0.5, 0.6) is 0 Å². The molecule has 1 aliphatic rings. The number of nitrogens with one attached hydrogen (secondary N) is 2. The minimum atomic E-state index is -1.12. The number of carbonyl (C=O) groups excluding carboxylic acids is 1. The highest BCUT2D eigenvalue weighted by molar-refractivity contribution is 7.14. The van der Waals surface area contributed by atoms with Crippen molar-refractivity contribution in [3.63, 3.8) is 0 Å². The number of rotatable bonds is 4. The van der Waals surface area contributed by atoms with Crippen LogP contribution < -0.4 is 5.56 Å². The molecular weight excluding hydrogens is 396 g/mol. The number of carboxylic acids is 1. The Morgan fingerprint density at radius 3 is 2.86 bits per heavy atom. The number of thiophene rings is 1. The molecule has 0 bridgehead atoms. The fourth-order valence-corrected chi connectivity index (χ4v) is 4.82. The number of amides is 1. The zero-order valence-electron chi connectivity index (χ0n) is 15.8. The number of hydrogen-bond donors (Lipinski definition) is 4. The SMILES string of the molecule is Cc1nc2[nH]cc(C(C)c3ccc(C(=O)N4C[C@H](O)C[C@H]4C(=O)O)s3)c2c(=O)[nH]1. The predicted octanol–water partition coefficient (Wildman–Crippen LogP) is 1.43. The third-order valence-electron chi connectivity index (χ3n) is 5.25. The number of aliphatic hydroxyl groups is 1. The summed E-state index contributed by atoms with van der Waals surface area (Å²) in [6.07, 6.45) is 0.933. The normalized spacial score (nSPS) is 20.3. The predicted molar refractivity (Wildman–Crippen MR) is 106 cm³/mol. The molecule has 3 aromatic heterocycles. The second-order valence-corrected chi connectivity index (χ2v) is 8.36. The van der Waals surface area contributed by atoms with Crippen LogP contribution in [0, 0.1) is 6.92 Å². The molecular formula is C19H20N4O5S. The van der Waals surface area contributed by atoms with Crippen molar-refractivity contribution in [3.05, 3.63) is 49.8 Å². The van der Waals surface area contributed by atoms with Crippen LogP contribution in [-0.4, -0.2) is 60.6 Å². The molecule has 0 radical (unpaired) electrons. The number of hydrogen-bond acceptors (Lipinski definition) is 6. The monoisotopic (exact) mass is 416 g/mol. The van der Waals surface area contributed by atoms with Crippen molar-refractivity contribution in [2.75, 3.05) is 6.54 Å². The second-order valence-electron chi connectivity index (χ2n) is 7.24. The molecule has 1 aliphatic heterocycles. The van der Waals surface area contributed by atoms with Crippen molar-refractivity contribution in [1.29, 1.82) is 0 Å². The number of carbonyl (C=O) groups is 2. The number of nitrogens with zero attached hydrogens (tertiary/aromatic N) is 2. The highest BCUT2D eigenvalue weighted by atomic mass is 32.1. The van der Waals surface area contributed by atoms with Crippen LogP contribution in [0.1, 0.15) is 45.2 Å². The molecule has 9 nitrogen and oxygen atoms in total. The van der Waals surface area contributed by atoms with Crippen molar-refractivity contribution in [2.24, 2.45) is 0 Å². The highest BCUT2D eigenvalue weighted by Gasteiger charge is 2.39. The van der Waals surface area contributed by atoms with E-state index in [0.29, 0.717) is 21.7 Å². The molecule has 1 unspecified atom stereocenters. The Morgan fingerprint density at radius 2 is 2.14 bits per heavy atom. The molecule has 1 fully saturated rings. The first-order chi connectivity index (χ1) is 13.8. The molecule has 10 heteroatoms. The Kier molecular flexibility index (Phi) is 4.75. The molecule has 3 atom stereocenters. The molecule has 0 aliphatic carbocycles.